The van der Waals surface area contributed by atoms with Crippen molar-refractivity contribution in [1.82, 2.24) is 20.2 Å². The van der Waals surface area contributed by atoms with E-state index in [1.165, 1.54) is 31.2 Å². The second kappa shape index (κ2) is 12.3. The zero-order chi connectivity index (χ0) is 23.6. The molecule has 0 radical (unpaired) electrons. The average molecular weight is 578 g/mol. The summed E-state index contributed by atoms with van der Waals surface area (Å²) in [5.41, 5.74) is 4.14. The van der Waals surface area contributed by atoms with E-state index in [0.717, 1.165) is 15.1 Å². The predicted octanol–water partition coefficient (Wildman–Crippen LogP) is 3.64. The lowest BCUT2D eigenvalue weighted by atomic mass is 10.2. The maximum atomic E-state index is 12.2. The van der Waals surface area contributed by atoms with E-state index in [1.807, 2.05) is 28.8 Å². The fourth-order valence-electron chi connectivity index (χ4n) is 2.73. The van der Waals surface area contributed by atoms with Crippen molar-refractivity contribution in [1.29, 1.82) is 0 Å². The summed E-state index contributed by atoms with van der Waals surface area (Å²) < 4.78 is 8.13. The van der Waals surface area contributed by atoms with Crippen molar-refractivity contribution in [2.24, 2.45) is 5.10 Å². The number of carbonyl (C=O) groups is 1. The summed E-state index contributed by atoms with van der Waals surface area (Å²) in [7, 11) is 1.46. The summed E-state index contributed by atoms with van der Waals surface area (Å²) in [6.45, 7) is 4.82. The van der Waals surface area contributed by atoms with Crippen LogP contribution in [0.25, 0.3) is 0 Å². The first-order chi connectivity index (χ1) is 16.0. The van der Waals surface area contributed by atoms with Crippen LogP contribution in [0.4, 0.5) is 5.69 Å². The third kappa shape index (κ3) is 7.22. The van der Waals surface area contributed by atoms with Crippen molar-refractivity contribution in [3.8, 4) is 11.5 Å². The number of methoxy groups -OCH3 is 1. The number of nitrogens with one attached hydrogen (secondary N) is 2. The van der Waals surface area contributed by atoms with Crippen molar-refractivity contribution < 1.29 is 14.6 Å². The Morgan fingerprint density at radius 2 is 2.09 bits per heavy atom. The highest BCUT2D eigenvalue weighted by molar-refractivity contribution is 14.1. The van der Waals surface area contributed by atoms with Gasteiger partial charge in [-0.05, 0) is 70.6 Å². The quantitative estimate of drug-likeness (QED) is 0.105. The van der Waals surface area contributed by atoms with Crippen LogP contribution in [0.3, 0.4) is 0 Å². The van der Waals surface area contributed by atoms with Gasteiger partial charge in [0.2, 0.25) is 0 Å². The van der Waals surface area contributed by atoms with E-state index in [0.29, 0.717) is 29.6 Å². The van der Waals surface area contributed by atoms with Gasteiger partial charge in [-0.25, -0.2) is 5.43 Å². The second-order valence-corrected chi connectivity index (χ2v) is 8.86. The number of carbonyl (C=O) groups excluding carboxylic acids is 1. The minimum Gasteiger partial charge on any atom is -0.504 e. The van der Waals surface area contributed by atoms with Gasteiger partial charge in [-0.1, -0.05) is 17.8 Å². The number of ether oxygens (including phenoxy) is 1. The molecule has 0 saturated heterocycles. The lowest BCUT2D eigenvalue weighted by Crippen LogP contribution is -2.20. The van der Waals surface area contributed by atoms with Crippen molar-refractivity contribution in [3.05, 3.63) is 70.1 Å². The Morgan fingerprint density at radius 3 is 2.82 bits per heavy atom. The van der Waals surface area contributed by atoms with Gasteiger partial charge in [-0.2, -0.15) is 5.10 Å². The van der Waals surface area contributed by atoms with E-state index < -0.39 is 0 Å². The summed E-state index contributed by atoms with van der Waals surface area (Å²) in [5, 5.41) is 26.0. The molecule has 2 aromatic carbocycles. The zero-order valence-corrected chi connectivity index (χ0v) is 20.8. The number of amides is 1. The molecule has 0 atom stereocenters. The number of phenolic OH excluding ortho intramolecular Hbond substituents is 1. The van der Waals surface area contributed by atoms with Crippen molar-refractivity contribution in [3.63, 3.8) is 0 Å². The number of benzene rings is 2. The molecule has 172 valence electrons. The van der Waals surface area contributed by atoms with Crippen LogP contribution in [0, 0.1) is 3.57 Å². The fraction of sp³-hybridized carbons (Fsp3) is 0.182. The number of allylic oxidation sites excluding steroid dienone is 1. The van der Waals surface area contributed by atoms with E-state index in [4.69, 9.17) is 4.74 Å². The van der Waals surface area contributed by atoms with Crippen LogP contribution in [0.15, 0.2) is 65.4 Å². The lowest BCUT2D eigenvalue weighted by molar-refractivity contribution is -0.118. The number of nitrogens with zero attached hydrogens (tertiary/aromatic N) is 4. The molecule has 0 aliphatic rings. The molecule has 0 aliphatic heterocycles. The Balaban J connectivity index is 1.54. The monoisotopic (exact) mass is 578 g/mol. The minimum atomic E-state index is -0.284. The van der Waals surface area contributed by atoms with Gasteiger partial charge in [0.25, 0.3) is 5.91 Å². The van der Waals surface area contributed by atoms with Gasteiger partial charge in [-0.3, -0.25) is 4.79 Å². The Labute approximate surface area is 209 Å². The molecule has 3 N–H and O–H groups in total. The molecule has 3 rings (SSSR count). The summed E-state index contributed by atoms with van der Waals surface area (Å²) in [6.07, 6.45) is 3.23. The van der Waals surface area contributed by atoms with E-state index in [9.17, 15) is 9.90 Å². The van der Waals surface area contributed by atoms with Crippen LogP contribution in [-0.2, 0) is 17.9 Å². The van der Waals surface area contributed by atoms with Crippen molar-refractivity contribution >= 4 is 52.2 Å². The lowest BCUT2D eigenvalue weighted by Gasteiger charge is -2.09. The van der Waals surface area contributed by atoms with E-state index in [2.05, 4.69) is 55.2 Å². The third-order valence-electron chi connectivity index (χ3n) is 4.34. The standard InChI is InChI=1S/C22H23IN6O3S/c1-3-10-29-20(13-24-17-7-5-16(23)6-8-17)26-28-22(29)33-14-21(31)27-25-12-15-4-9-18(30)19(11-15)32-2/h3-9,11-12,24,30H,1,10,13-14H2,2H3,(H,27,31)/b25-12-. The summed E-state index contributed by atoms with van der Waals surface area (Å²) in [5.74, 6) is 0.946. The topological polar surface area (TPSA) is 114 Å². The van der Waals surface area contributed by atoms with E-state index in [-0.39, 0.29) is 17.4 Å². The highest BCUT2D eigenvalue weighted by atomic mass is 127. The Bertz CT molecular complexity index is 1130. The number of hydrazone groups is 1. The van der Waals surface area contributed by atoms with Gasteiger partial charge in [0, 0.05) is 15.8 Å². The first kappa shape index (κ1) is 24.6. The number of aromatic nitrogens is 3. The molecule has 3 aromatic rings. The highest BCUT2D eigenvalue weighted by Crippen LogP contribution is 2.25. The van der Waals surface area contributed by atoms with Crippen LogP contribution >= 0.6 is 34.4 Å². The number of anilines is 1. The molecular formula is C22H23IN6O3S. The number of hydrogen-bond donors (Lipinski definition) is 3. The van der Waals surface area contributed by atoms with E-state index >= 15 is 0 Å². The Hall–Kier alpha value is -3.06. The zero-order valence-electron chi connectivity index (χ0n) is 17.9. The molecular weight excluding hydrogens is 555 g/mol. The van der Waals surface area contributed by atoms with Gasteiger partial charge in [0.1, 0.15) is 0 Å². The first-order valence-electron chi connectivity index (χ1n) is 9.84. The first-order valence-corrected chi connectivity index (χ1v) is 11.9. The number of thioether (sulfide) groups is 1. The molecule has 1 heterocycles. The number of halogens is 1. The largest absolute Gasteiger partial charge is 0.504 e. The summed E-state index contributed by atoms with van der Waals surface area (Å²) in [4.78, 5) is 12.2. The van der Waals surface area contributed by atoms with Gasteiger partial charge in [0.05, 0.1) is 25.6 Å². The van der Waals surface area contributed by atoms with Crippen LogP contribution in [0.2, 0.25) is 0 Å². The average Bonchev–Trinajstić information content (AvgIpc) is 3.20. The second-order valence-electron chi connectivity index (χ2n) is 6.67. The maximum Gasteiger partial charge on any atom is 0.250 e. The van der Waals surface area contributed by atoms with Gasteiger partial charge in [0.15, 0.2) is 22.5 Å². The molecule has 1 aromatic heterocycles. The summed E-state index contributed by atoms with van der Waals surface area (Å²) in [6, 6.07) is 12.8. The molecule has 11 heteroatoms. The smallest absolute Gasteiger partial charge is 0.250 e. The van der Waals surface area contributed by atoms with Crippen LogP contribution in [-0.4, -0.2) is 44.9 Å². The van der Waals surface area contributed by atoms with Gasteiger partial charge >= 0.3 is 0 Å². The SMILES string of the molecule is C=CCn1c(CNc2ccc(I)cc2)nnc1SCC(=O)N/N=C\c1ccc(O)c(OC)c1. The van der Waals surface area contributed by atoms with Crippen molar-refractivity contribution in [2.75, 3.05) is 18.2 Å². The molecule has 9 nitrogen and oxygen atoms in total. The van der Waals surface area contributed by atoms with Crippen LogP contribution < -0.4 is 15.5 Å². The molecule has 33 heavy (non-hydrogen) atoms. The molecule has 0 fully saturated rings. The Morgan fingerprint density at radius 1 is 1.30 bits per heavy atom. The normalized spacial score (nSPS) is 10.8. The molecule has 0 bridgehead atoms. The molecule has 0 spiro atoms. The Kier molecular flexibility index (Phi) is 9.13. The number of phenols is 1. The highest BCUT2D eigenvalue weighted by Gasteiger charge is 2.13. The maximum absolute atomic E-state index is 12.2. The third-order valence-corrected chi connectivity index (χ3v) is 6.02. The molecule has 0 saturated carbocycles. The minimum absolute atomic E-state index is 0.0341. The fourth-order valence-corrected chi connectivity index (χ4v) is 3.85. The van der Waals surface area contributed by atoms with Crippen LogP contribution in [0.1, 0.15) is 11.4 Å². The van der Waals surface area contributed by atoms with Gasteiger partial charge in [-0.15, -0.1) is 16.8 Å². The number of aromatic hydroxyl groups is 1. The van der Waals surface area contributed by atoms with Crippen molar-refractivity contribution in [2.45, 2.75) is 18.2 Å². The molecule has 0 unspecified atom stereocenters. The predicted molar refractivity (Wildman–Crippen MR) is 138 cm³/mol. The molecule has 1 amide bonds. The van der Waals surface area contributed by atoms with E-state index in [1.54, 1.807) is 18.2 Å². The number of hydrogen-bond acceptors (Lipinski definition) is 8. The summed E-state index contributed by atoms with van der Waals surface area (Å²) >= 11 is 3.53. The number of rotatable bonds is 11. The van der Waals surface area contributed by atoms with Gasteiger partial charge < -0.3 is 19.7 Å². The molecule has 0 aliphatic carbocycles. The van der Waals surface area contributed by atoms with Crippen LogP contribution in [0.5, 0.6) is 11.5 Å².